The summed E-state index contributed by atoms with van der Waals surface area (Å²) in [6.07, 6.45) is -0.0501. The zero-order chi connectivity index (χ0) is 11.4. The SMILES string of the molecule is O=C1CC(OCc2ccccc2)CC(=O)O1. The molecule has 1 aliphatic heterocycles. The van der Waals surface area contributed by atoms with Crippen molar-refractivity contribution in [2.24, 2.45) is 0 Å². The molecular weight excluding hydrogens is 208 g/mol. The van der Waals surface area contributed by atoms with Crippen LogP contribution in [-0.4, -0.2) is 18.0 Å². The van der Waals surface area contributed by atoms with Crippen molar-refractivity contribution in [3.05, 3.63) is 35.9 Å². The second-order valence-electron chi connectivity index (χ2n) is 3.67. The Bertz CT molecular complexity index is 369. The molecule has 16 heavy (non-hydrogen) atoms. The summed E-state index contributed by atoms with van der Waals surface area (Å²) in [5, 5.41) is 0. The summed E-state index contributed by atoms with van der Waals surface area (Å²) in [6.45, 7) is 0.409. The van der Waals surface area contributed by atoms with Gasteiger partial charge in [0.05, 0.1) is 25.6 Å². The molecule has 0 saturated carbocycles. The highest BCUT2D eigenvalue weighted by atomic mass is 16.6. The van der Waals surface area contributed by atoms with Crippen LogP contribution >= 0.6 is 0 Å². The first-order chi connectivity index (χ1) is 7.74. The maximum absolute atomic E-state index is 11.0. The van der Waals surface area contributed by atoms with Crippen LogP contribution in [0.4, 0.5) is 0 Å². The fourth-order valence-electron chi connectivity index (χ4n) is 1.56. The van der Waals surface area contributed by atoms with E-state index in [4.69, 9.17) is 4.74 Å². The van der Waals surface area contributed by atoms with Gasteiger partial charge in [-0.2, -0.15) is 0 Å². The van der Waals surface area contributed by atoms with E-state index in [-0.39, 0.29) is 18.9 Å². The lowest BCUT2D eigenvalue weighted by molar-refractivity contribution is -0.170. The van der Waals surface area contributed by atoms with Gasteiger partial charge in [0.25, 0.3) is 0 Å². The van der Waals surface area contributed by atoms with Crippen LogP contribution in [0.2, 0.25) is 0 Å². The Labute approximate surface area is 93.2 Å². The number of hydrogen-bond donors (Lipinski definition) is 0. The molecule has 0 radical (unpaired) electrons. The van der Waals surface area contributed by atoms with Crippen LogP contribution in [0.5, 0.6) is 0 Å². The molecule has 0 spiro atoms. The first kappa shape index (κ1) is 10.8. The second-order valence-corrected chi connectivity index (χ2v) is 3.67. The maximum atomic E-state index is 11.0. The van der Waals surface area contributed by atoms with Gasteiger partial charge in [-0.3, -0.25) is 9.59 Å². The Hall–Kier alpha value is -1.68. The van der Waals surface area contributed by atoms with Crippen molar-refractivity contribution in [3.63, 3.8) is 0 Å². The Balaban J connectivity index is 1.86. The molecule has 0 N–H and O–H groups in total. The van der Waals surface area contributed by atoms with Crippen LogP contribution in [0.25, 0.3) is 0 Å². The average Bonchev–Trinajstić information content (AvgIpc) is 2.27. The number of carbonyl (C=O) groups is 2. The molecule has 1 aromatic carbocycles. The van der Waals surface area contributed by atoms with E-state index in [9.17, 15) is 9.59 Å². The van der Waals surface area contributed by atoms with Crippen molar-refractivity contribution in [2.45, 2.75) is 25.6 Å². The van der Waals surface area contributed by atoms with E-state index in [1.54, 1.807) is 0 Å². The average molecular weight is 220 g/mol. The number of hydrogen-bond acceptors (Lipinski definition) is 4. The van der Waals surface area contributed by atoms with Crippen LogP contribution in [0.3, 0.4) is 0 Å². The first-order valence-corrected chi connectivity index (χ1v) is 5.13. The van der Waals surface area contributed by atoms with E-state index in [1.165, 1.54) is 0 Å². The summed E-state index contributed by atoms with van der Waals surface area (Å²) in [5.41, 5.74) is 1.02. The van der Waals surface area contributed by atoms with E-state index < -0.39 is 11.9 Å². The smallest absolute Gasteiger partial charge is 0.316 e. The highest BCUT2D eigenvalue weighted by Gasteiger charge is 2.27. The van der Waals surface area contributed by atoms with Crippen molar-refractivity contribution in [2.75, 3.05) is 0 Å². The normalized spacial score (nSPS) is 17.2. The molecule has 4 heteroatoms. The lowest BCUT2D eigenvalue weighted by atomic mass is 10.1. The van der Waals surface area contributed by atoms with Crippen molar-refractivity contribution in [1.29, 1.82) is 0 Å². The molecular formula is C12H12O4. The molecule has 1 heterocycles. The molecule has 0 unspecified atom stereocenters. The summed E-state index contributed by atoms with van der Waals surface area (Å²) in [5.74, 6) is -1.01. The lowest BCUT2D eigenvalue weighted by Gasteiger charge is -2.20. The number of cyclic esters (lactones) is 2. The third-order valence-electron chi connectivity index (χ3n) is 2.34. The van der Waals surface area contributed by atoms with Gasteiger partial charge in [-0.25, -0.2) is 0 Å². The molecule has 2 rings (SSSR count). The van der Waals surface area contributed by atoms with E-state index in [2.05, 4.69) is 4.74 Å². The molecule has 0 aliphatic carbocycles. The molecule has 0 aromatic heterocycles. The minimum Gasteiger partial charge on any atom is -0.393 e. The summed E-state index contributed by atoms with van der Waals surface area (Å²) in [4.78, 5) is 21.9. The topological polar surface area (TPSA) is 52.6 Å². The Morgan fingerprint density at radius 3 is 2.38 bits per heavy atom. The fraction of sp³-hybridized carbons (Fsp3) is 0.333. The van der Waals surface area contributed by atoms with Crippen LogP contribution in [0, 0.1) is 0 Å². The standard InChI is InChI=1S/C12H12O4/c13-11-6-10(7-12(14)16-11)15-8-9-4-2-1-3-5-9/h1-5,10H,6-8H2. The molecule has 1 fully saturated rings. The van der Waals surface area contributed by atoms with E-state index in [1.807, 2.05) is 30.3 Å². The van der Waals surface area contributed by atoms with Crippen LogP contribution in [-0.2, 0) is 25.7 Å². The fourth-order valence-corrected chi connectivity index (χ4v) is 1.56. The highest BCUT2D eigenvalue weighted by molar-refractivity contribution is 5.88. The number of carbonyl (C=O) groups excluding carboxylic acids is 2. The second kappa shape index (κ2) is 4.90. The zero-order valence-corrected chi connectivity index (χ0v) is 8.72. The summed E-state index contributed by atoms with van der Waals surface area (Å²) in [6, 6.07) is 9.62. The predicted octanol–water partition coefficient (Wildman–Crippen LogP) is 1.44. The molecule has 1 aromatic rings. The van der Waals surface area contributed by atoms with Gasteiger partial charge in [0.15, 0.2) is 0 Å². The molecule has 0 amide bonds. The van der Waals surface area contributed by atoms with Crippen molar-refractivity contribution >= 4 is 11.9 Å². The maximum Gasteiger partial charge on any atom is 0.316 e. The van der Waals surface area contributed by atoms with Gasteiger partial charge >= 0.3 is 11.9 Å². The van der Waals surface area contributed by atoms with Crippen LogP contribution < -0.4 is 0 Å². The van der Waals surface area contributed by atoms with Crippen LogP contribution in [0.15, 0.2) is 30.3 Å². The van der Waals surface area contributed by atoms with Gasteiger partial charge in [-0.05, 0) is 5.56 Å². The van der Waals surface area contributed by atoms with Gasteiger partial charge in [0, 0.05) is 0 Å². The number of ether oxygens (including phenoxy) is 2. The van der Waals surface area contributed by atoms with Gasteiger partial charge < -0.3 is 9.47 Å². The van der Waals surface area contributed by atoms with Gasteiger partial charge in [0.2, 0.25) is 0 Å². The van der Waals surface area contributed by atoms with E-state index in [0.717, 1.165) is 5.56 Å². The van der Waals surface area contributed by atoms with Gasteiger partial charge in [0.1, 0.15) is 0 Å². The van der Waals surface area contributed by atoms with Crippen molar-refractivity contribution < 1.29 is 19.1 Å². The largest absolute Gasteiger partial charge is 0.393 e. The summed E-state index contributed by atoms with van der Waals surface area (Å²) >= 11 is 0. The Kier molecular flexibility index (Phi) is 3.31. The predicted molar refractivity (Wildman–Crippen MR) is 55.4 cm³/mol. The van der Waals surface area contributed by atoms with Crippen molar-refractivity contribution in [3.8, 4) is 0 Å². The number of esters is 2. The number of benzene rings is 1. The molecule has 1 saturated heterocycles. The monoisotopic (exact) mass is 220 g/mol. The third kappa shape index (κ3) is 2.90. The molecule has 84 valence electrons. The zero-order valence-electron chi connectivity index (χ0n) is 8.72. The van der Waals surface area contributed by atoms with E-state index in [0.29, 0.717) is 6.61 Å². The summed E-state index contributed by atoms with van der Waals surface area (Å²) in [7, 11) is 0. The Morgan fingerprint density at radius 1 is 1.12 bits per heavy atom. The minimum atomic E-state index is -0.505. The van der Waals surface area contributed by atoms with Crippen molar-refractivity contribution in [1.82, 2.24) is 0 Å². The van der Waals surface area contributed by atoms with Gasteiger partial charge in [-0.15, -0.1) is 0 Å². The van der Waals surface area contributed by atoms with Crippen LogP contribution in [0.1, 0.15) is 18.4 Å². The van der Waals surface area contributed by atoms with E-state index >= 15 is 0 Å². The quantitative estimate of drug-likeness (QED) is 0.571. The molecule has 0 atom stereocenters. The molecule has 4 nitrogen and oxygen atoms in total. The molecule has 1 aliphatic rings. The number of rotatable bonds is 3. The third-order valence-corrected chi connectivity index (χ3v) is 2.34. The molecule has 0 bridgehead atoms. The Morgan fingerprint density at radius 2 is 1.75 bits per heavy atom. The minimum absolute atomic E-state index is 0.151. The lowest BCUT2D eigenvalue weighted by Crippen LogP contribution is -2.30. The highest BCUT2D eigenvalue weighted by Crippen LogP contribution is 2.15. The summed E-state index contributed by atoms with van der Waals surface area (Å²) < 4.78 is 9.90. The van der Waals surface area contributed by atoms with Gasteiger partial charge in [-0.1, -0.05) is 30.3 Å². The first-order valence-electron chi connectivity index (χ1n) is 5.13.